The first-order chi connectivity index (χ1) is 9.90. The molecular formula is C17H21N3. The Labute approximate surface area is 119 Å². The predicted molar refractivity (Wildman–Crippen MR) is 79.7 cm³/mol. The topological polar surface area (TPSA) is 41.6 Å². The molecular weight excluding hydrogens is 246 g/mol. The van der Waals surface area contributed by atoms with E-state index in [-0.39, 0.29) is 0 Å². The molecule has 2 aliphatic rings. The first-order valence-corrected chi connectivity index (χ1v) is 7.94. The minimum atomic E-state index is 0.597. The van der Waals surface area contributed by atoms with Crippen molar-refractivity contribution in [3.63, 3.8) is 0 Å². The Hall–Kier alpha value is -1.64. The molecule has 1 heterocycles. The average Bonchev–Trinajstić information content (AvgIpc) is 3.16. The third-order valence-electron chi connectivity index (χ3n) is 4.85. The summed E-state index contributed by atoms with van der Waals surface area (Å²) in [5.41, 5.74) is 4.17. The summed E-state index contributed by atoms with van der Waals surface area (Å²) in [5, 5.41) is 7.63. The van der Waals surface area contributed by atoms with Crippen LogP contribution in [-0.4, -0.2) is 15.2 Å². The van der Waals surface area contributed by atoms with Gasteiger partial charge in [0.15, 0.2) is 5.82 Å². The van der Waals surface area contributed by atoms with Crippen molar-refractivity contribution < 1.29 is 0 Å². The minimum Gasteiger partial charge on any atom is -0.262 e. The summed E-state index contributed by atoms with van der Waals surface area (Å²) in [6, 6.07) is 6.72. The van der Waals surface area contributed by atoms with E-state index in [9.17, 15) is 0 Å². The van der Waals surface area contributed by atoms with E-state index in [0.29, 0.717) is 5.92 Å². The first-order valence-electron chi connectivity index (χ1n) is 7.94. The van der Waals surface area contributed by atoms with Gasteiger partial charge in [0.25, 0.3) is 0 Å². The summed E-state index contributed by atoms with van der Waals surface area (Å²) < 4.78 is 0. The molecule has 20 heavy (non-hydrogen) atoms. The molecule has 1 fully saturated rings. The van der Waals surface area contributed by atoms with Crippen molar-refractivity contribution in [3.05, 3.63) is 35.2 Å². The molecule has 0 saturated heterocycles. The lowest BCUT2D eigenvalue weighted by atomic mass is 9.89. The predicted octanol–water partition coefficient (Wildman–Crippen LogP) is 4.01. The van der Waals surface area contributed by atoms with Gasteiger partial charge in [0.05, 0.1) is 0 Å². The standard InChI is InChI=1S/C17H21N3/c1-2-5-13(6-3-1)16-18-17(20-19-16)15-10-9-12-7-4-8-14(12)11-15/h9-11,13H,1-8H2,(H,18,19,20). The van der Waals surface area contributed by atoms with Gasteiger partial charge in [-0.25, -0.2) is 4.98 Å². The summed E-state index contributed by atoms with van der Waals surface area (Å²) in [4.78, 5) is 4.76. The highest BCUT2D eigenvalue weighted by Crippen LogP contribution is 2.32. The smallest absolute Gasteiger partial charge is 0.181 e. The van der Waals surface area contributed by atoms with Gasteiger partial charge >= 0.3 is 0 Å². The van der Waals surface area contributed by atoms with Gasteiger partial charge in [-0.3, -0.25) is 5.10 Å². The number of H-pyrrole nitrogens is 1. The number of aryl methyl sites for hydroxylation is 2. The summed E-state index contributed by atoms with van der Waals surface area (Å²) in [7, 11) is 0. The molecule has 1 N–H and O–H groups in total. The summed E-state index contributed by atoms with van der Waals surface area (Å²) >= 11 is 0. The van der Waals surface area contributed by atoms with E-state index in [1.54, 1.807) is 0 Å². The van der Waals surface area contributed by atoms with Crippen LogP contribution in [0.4, 0.5) is 0 Å². The second-order valence-electron chi connectivity index (χ2n) is 6.22. The van der Waals surface area contributed by atoms with Gasteiger partial charge < -0.3 is 0 Å². The SMILES string of the molecule is c1cc2c(cc1-c1n[nH]c(C3CCCCC3)n1)CCC2. The fourth-order valence-corrected chi connectivity index (χ4v) is 3.67. The third-order valence-corrected chi connectivity index (χ3v) is 4.85. The van der Waals surface area contributed by atoms with E-state index in [0.717, 1.165) is 11.6 Å². The molecule has 0 atom stereocenters. The molecule has 0 radical (unpaired) electrons. The quantitative estimate of drug-likeness (QED) is 0.893. The van der Waals surface area contributed by atoms with Crippen LogP contribution in [-0.2, 0) is 12.8 Å². The molecule has 4 rings (SSSR count). The molecule has 1 saturated carbocycles. The van der Waals surface area contributed by atoms with E-state index >= 15 is 0 Å². The Bertz CT molecular complexity index is 608. The summed E-state index contributed by atoms with van der Waals surface area (Å²) in [6.07, 6.45) is 10.3. The third kappa shape index (κ3) is 2.15. The first kappa shape index (κ1) is 12.1. The zero-order valence-corrected chi connectivity index (χ0v) is 11.9. The maximum atomic E-state index is 4.76. The number of nitrogens with one attached hydrogen (secondary N) is 1. The van der Waals surface area contributed by atoms with Gasteiger partial charge in [-0.05, 0) is 49.3 Å². The van der Waals surface area contributed by atoms with Crippen LogP contribution in [0.2, 0.25) is 0 Å². The van der Waals surface area contributed by atoms with Gasteiger partial charge in [0.2, 0.25) is 0 Å². The van der Waals surface area contributed by atoms with Gasteiger partial charge in [-0.1, -0.05) is 31.4 Å². The highest BCUT2D eigenvalue weighted by atomic mass is 15.2. The minimum absolute atomic E-state index is 0.597. The van der Waals surface area contributed by atoms with E-state index in [1.165, 1.54) is 68.1 Å². The fourth-order valence-electron chi connectivity index (χ4n) is 3.67. The van der Waals surface area contributed by atoms with Crippen molar-refractivity contribution in [1.29, 1.82) is 0 Å². The number of aromatic amines is 1. The maximum absolute atomic E-state index is 4.76. The van der Waals surface area contributed by atoms with Crippen molar-refractivity contribution in [1.82, 2.24) is 15.2 Å². The van der Waals surface area contributed by atoms with Crippen LogP contribution in [0, 0.1) is 0 Å². The number of hydrogen-bond acceptors (Lipinski definition) is 2. The maximum Gasteiger partial charge on any atom is 0.181 e. The molecule has 0 amide bonds. The van der Waals surface area contributed by atoms with Gasteiger partial charge in [0.1, 0.15) is 5.82 Å². The van der Waals surface area contributed by atoms with Crippen LogP contribution in [0.15, 0.2) is 18.2 Å². The van der Waals surface area contributed by atoms with Crippen LogP contribution in [0.5, 0.6) is 0 Å². The van der Waals surface area contributed by atoms with Crippen LogP contribution < -0.4 is 0 Å². The van der Waals surface area contributed by atoms with Crippen LogP contribution in [0.1, 0.15) is 61.4 Å². The molecule has 0 bridgehead atoms. The van der Waals surface area contributed by atoms with Gasteiger partial charge in [-0.15, -0.1) is 0 Å². The van der Waals surface area contributed by atoms with Gasteiger partial charge in [0, 0.05) is 11.5 Å². The van der Waals surface area contributed by atoms with Crippen molar-refractivity contribution in [2.24, 2.45) is 0 Å². The molecule has 0 unspecified atom stereocenters. The molecule has 3 heteroatoms. The lowest BCUT2D eigenvalue weighted by molar-refractivity contribution is 0.429. The molecule has 2 aliphatic carbocycles. The van der Waals surface area contributed by atoms with Crippen molar-refractivity contribution in [2.75, 3.05) is 0 Å². The molecule has 1 aromatic carbocycles. The Morgan fingerprint density at radius 1 is 0.950 bits per heavy atom. The molecule has 3 nitrogen and oxygen atoms in total. The van der Waals surface area contributed by atoms with Gasteiger partial charge in [-0.2, -0.15) is 5.10 Å². The van der Waals surface area contributed by atoms with Crippen LogP contribution in [0.3, 0.4) is 0 Å². The molecule has 104 valence electrons. The molecule has 0 aliphatic heterocycles. The Morgan fingerprint density at radius 2 is 1.80 bits per heavy atom. The van der Waals surface area contributed by atoms with Crippen molar-refractivity contribution in [2.45, 2.75) is 57.3 Å². The van der Waals surface area contributed by atoms with Crippen LogP contribution in [0.25, 0.3) is 11.4 Å². The normalized spacial score (nSPS) is 19.2. The number of fused-ring (bicyclic) bond motifs is 1. The largest absolute Gasteiger partial charge is 0.262 e. The molecule has 2 aromatic rings. The fraction of sp³-hybridized carbons (Fsp3) is 0.529. The zero-order valence-electron chi connectivity index (χ0n) is 11.9. The lowest BCUT2D eigenvalue weighted by Crippen LogP contribution is -2.06. The monoisotopic (exact) mass is 267 g/mol. The summed E-state index contributed by atoms with van der Waals surface area (Å²) in [6.45, 7) is 0. The molecule has 1 aromatic heterocycles. The average molecular weight is 267 g/mol. The molecule has 0 spiro atoms. The summed E-state index contributed by atoms with van der Waals surface area (Å²) in [5.74, 6) is 2.57. The Balaban J connectivity index is 1.61. The highest BCUT2D eigenvalue weighted by Gasteiger charge is 2.20. The van der Waals surface area contributed by atoms with Crippen molar-refractivity contribution >= 4 is 0 Å². The van der Waals surface area contributed by atoms with E-state index in [2.05, 4.69) is 28.4 Å². The number of aromatic nitrogens is 3. The highest BCUT2D eigenvalue weighted by molar-refractivity contribution is 5.58. The van der Waals surface area contributed by atoms with E-state index in [4.69, 9.17) is 4.98 Å². The number of hydrogen-bond donors (Lipinski definition) is 1. The Kier molecular flexibility index (Phi) is 3.06. The zero-order chi connectivity index (χ0) is 13.4. The second kappa shape index (κ2) is 5.04. The Morgan fingerprint density at radius 3 is 2.70 bits per heavy atom. The van der Waals surface area contributed by atoms with Crippen LogP contribution >= 0.6 is 0 Å². The number of rotatable bonds is 2. The van der Waals surface area contributed by atoms with E-state index < -0.39 is 0 Å². The second-order valence-corrected chi connectivity index (χ2v) is 6.22. The van der Waals surface area contributed by atoms with Crippen molar-refractivity contribution in [3.8, 4) is 11.4 Å². The lowest BCUT2D eigenvalue weighted by Gasteiger charge is -2.18. The number of benzene rings is 1. The van der Waals surface area contributed by atoms with E-state index in [1.807, 2.05) is 0 Å². The number of nitrogens with zero attached hydrogens (tertiary/aromatic N) is 2.